The fourth-order valence-electron chi connectivity index (χ4n) is 2.94. The highest BCUT2D eigenvalue weighted by atomic mass is 16.6. The van der Waals surface area contributed by atoms with Crippen molar-refractivity contribution in [1.82, 2.24) is 15.0 Å². The number of methoxy groups -OCH3 is 1. The number of hydrogen-bond acceptors (Lipinski definition) is 10. The van der Waals surface area contributed by atoms with Crippen LogP contribution in [0.15, 0.2) is 53.6 Å². The molecule has 0 spiro atoms. The van der Waals surface area contributed by atoms with E-state index in [2.05, 4.69) is 30.8 Å². The summed E-state index contributed by atoms with van der Waals surface area (Å²) in [6.45, 7) is 5.46. The molecule has 1 heterocycles. The number of nitro benzene ring substituents is 1. The second kappa shape index (κ2) is 10.7. The molecule has 0 radical (unpaired) electrons. The van der Waals surface area contributed by atoms with Gasteiger partial charge in [-0.1, -0.05) is 24.3 Å². The van der Waals surface area contributed by atoms with Crippen LogP contribution in [0, 0.1) is 10.1 Å². The Morgan fingerprint density at radius 3 is 2.44 bits per heavy atom. The van der Waals surface area contributed by atoms with E-state index in [1.807, 2.05) is 49.1 Å². The van der Waals surface area contributed by atoms with Crippen LogP contribution >= 0.6 is 0 Å². The molecular weight excluding hydrogens is 412 g/mol. The third kappa shape index (κ3) is 5.45. The van der Waals surface area contributed by atoms with E-state index in [1.54, 1.807) is 12.1 Å². The molecule has 0 aliphatic carbocycles. The summed E-state index contributed by atoms with van der Waals surface area (Å²) in [4.78, 5) is 26.0. The molecule has 11 nitrogen and oxygen atoms in total. The van der Waals surface area contributed by atoms with Crippen LogP contribution in [0.25, 0.3) is 0 Å². The number of rotatable bonds is 10. The van der Waals surface area contributed by atoms with Gasteiger partial charge in [0.2, 0.25) is 23.6 Å². The van der Waals surface area contributed by atoms with Crippen LogP contribution in [0.2, 0.25) is 0 Å². The number of nitrogens with zero attached hydrogens (tertiary/aromatic N) is 6. The fraction of sp³-hybridized carbons (Fsp3) is 0.238. The van der Waals surface area contributed by atoms with Gasteiger partial charge in [-0.3, -0.25) is 10.1 Å². The molecule has 3 rings (SSSR count). The van der Waals surface area contributed by atoms with E-state index in [0.29, 0.717) is 17.5 Å². The zero-order valence-electron chi connectivity index (χ0n) is 18.0. The Morgan fingerprint density at radius 1 is 1.06 bits per heavy atom. The van der Waals surface area contributed by atoms with E-state index in [-0.39, 0.29) is 17.4 Å². The van der Waals surface area contributed by atoms with Gasteiger partial charge in [0.1, 0.15) is 0 Å². The van der Waals surface area contributed by atoms with Crippen molar-refractivity contribution >= 4 is 35.4 Å². The third-order valence-electron chi connectivity index (χ3n) is 4.49. The van der Waals surface area contributed by atoms with Gasteiger partial charge in [-0.25, -0.2) is 5.43 Å². The van der Waals surface area contributed by atoms with E-state index < -0.39 is 4.92 Å². The number of benzene rings is 2. The van der Waals surface area contributed by atoms with Gasteiger partial charge in [0, 0.05) is 30.4 Å². The van der Waals surface area contributed by atoms with Crippen LogP contribution < -0.4 is 20.4 Å². The van der Waals surface area contributed by atoms with Crippen molar-refractivity contribution in [2.24, 2.45) is 5.10 Å². The summed E-state index contributed by atoms with van der Waals surface area (Å²) in [5, 5.41) is 18.5. The van der Waals surface area contributed by atoms with E-state index in [4.69, 9.17) is 4.74 Å². The van der Waals surface area contributed by atoms with Crippen LogP contribution in [0.3, 0.4) is 0 Å². The number of para-hydroxylation sites is 2. The molecule has 0 saturated heterocycles. The Balaban J connectivity index is 1.88. The summed E-state index contributed by atoms with van der Waals surface area (Å²) in [7, 11) is 1.37. The molecule has 0 atom stereocenters. The molecule has 0 fully saturated rings. The van der Waals surface area contributed by atoms with E-state index in [9.17, 15) is 10.1 Å². The SMILES string of the molecule is CCN(CC)c1nc(NN=Cc2cccc([N+](=O)[O-])c2OC)nc(Nc2ccccc2)n1. The number of hydrazone groups is 1. The Morgan fingerprint density at radius 2 is 1.78 bits per heavy atom. The van der Waals surface area contributed by atoms with Gasteiger partial charge < -0.3 is 15.0 Å². The highest BCUT2D eigenvalue weighted by Gasteiger charge is 2.17. The van der Waals surface area contributed by atoms with Crippen molar-refractivity contribution in [3.05, 3.63) is 64.2 Å². The molecule has 2 N–H and O–H groups in total. The number of nitrogens with one attached hydrogen (secondary N) is 2. The molecule has 0 aliphatic heterocycles. The molecule has 32 heavy (non-hydrogen) atoms. The van der Waals surface area contributed by atoms with Crippen molar-refractivity contribution in [2.45, 2.75) is 13.8 Å². The maximum atomic E-state index is 11.2. The lowest BCUT2D eigenvalue weighted by Gasteiger charge is -2.19. The zero-order valence-corrected chi connectivity index (χ0v) is 18.0. The van der Waals surface area contributed by atoms with Crippen molar-refractivity contribution in [3.8, 4) is 5.75 Å². The van der Waals surface area contributed by atoms with Crippen LogP contribution in [-0.2, 0) is 0 Å². The van der Waals surface area contributed by atoms with Crippen molar-refractivity contribution in [2.75, 3.05) is 35.8 Å². The molecule has 11 heteroatoms. The van der Waals surface area contributed by atoms with Gasteiger partial charge in [0.25, 0.3) is 0 Å². The van der Waals surface area contributed by atoms with E-state index >= 15 is 0 Å². The van der Waals surface area contributed by atoms with Crippen molar-refractivity contribution in [3.63, 3.8) is 0 Å². The smallest absolute Gasteiger partial charge is 0.311 e. The van der Waals surface area contributed by atoms with Gasteiger partial charge >= 0.3 is 5.69 Å². The second-order valence-electron chi connectivity index (χ2n) is 6.47. The van der Waals surface area contributed by atoms with Gasteiger partial charge in [0.05, 0.1) is 18.2 Å². The first kappa shape index (κ1) is 22.4. The summed E-state index contributed by atoms with van der Waals surface area (Å²) in [6.07, 6.45) is 1.41. The van der Waals surface area contributed by atoms with Crippen molar-refractivity contribution in [1.29, 1.82) is 0 Å². The zero-order chi connectivity index (χ0) is 22.9. The first-order valence-corrected chi connectivity index (χ1v) is 9.99. The molecule has 2 aromatic carbocycles. The maximum Gasteiger partial charge on any atom is 0.311 e. The summed E-state index contributed by atoms with van der Waals surface area (Å²) in [5.74, 6) is 1.20. The Labute approximate surface area is 185 Å². The molecule has 3 aromatic rings. The summed E-state index contributed by atoms with van der Waals surface area (Å²) >= 11 is 0. The number of anilines is 4. The topological polar surface area (TPSA) is 131 Å². The molecule has 0 bridgehead atoms. The highest BCUT2D eigenvalue weighted by Crippen LogP contribution is 2.29. The second-order valence-corrected chi connectivity index (χ2v) is 6.47. The predicted octanol–water partition coefficient (Wildman–Crippen LogP) is 3.82. The maximum absolute atomic E-state index is 11.2. The van der Waals surface area contributed by atoms with Crippen LogP contribution in [0.1, 0.15) is 19.4 Å². The minimum Gasteiger partial charge on any atom is -0.490 e. The molecule has 0 unspecified atom stereocenters. The van der Waals surface area contributed by atoms with Gasteiger partial charge in [-0.15, -0.1) is 0 Å². The highest BCUT2D eigenvalue weighted by molar-refractivity contribution is 5.86. The summed E-state index contributed by atoms with van der Waals surface area (Å²) in [5.41, 5.74) is 3.91. The monoisotopic (exact) mass is 436 g/mol. The van der Waals surface area contributed by atoms with Crippen LogP contribution in [0.4, 0.5) is 29.2 Å². The lowest BCUT2D eigenvalue weighted by atomic mass is 10.2. The molecule has 166 valence electrons. The number of aromatic nitrogens is 3. The minimum absolute atomic E-state index is 0.119. The lowest BCUT2D eigenvalue weighted by molar-refractivity contribution is -0.385. The molecule has 1 aromatic heterocycles. The Kier molecular flexibility index (Phi) is 7.46. The minimum atomic E-state index is -0.506. The van der Waals surface area contributed by atoms with Gasteiger partial charge in [0.15, 0.2) is 0 Å². The van der Waals surface area contributed by atoms with Crippen LogP contribution in [0.5, 0.6) is 5.75 Å². The fourth-order valence-corrected chi connectivity index (χ4v) is 2.94. The van der Waals surface area contributed by atoms with Gasteiger partial charge in [-0.2, -0.15) is 20.1 Å². The van der Waals surface area contributed by atoms with Crippen LogP contribution in [-0.4, -0.2) is 46.3 Å². The molecule has 0 aliphatic rings. The molecule has 0 amide bonds. The molecular formula is C21H24N8O3. The quantitative estimate of drug-likeness (QED) is 0.276. The van der Waals surface area contributed by atoms with E-state index in [0.717, 1.165) is 18.8 Å². The number of nitro groups is 1. The summed E-state index contributed by atoms with van der Waals surface area (Å²) < 4.78 is 5.19. The normalized spacial score (nSPS) is 10.7. The largest absolute Gasteiger partial charge is 0.490 e. The first-order valence-electron chi connectivity index (χ1n) is 9.99. The van der Waals surface area contributed by atoms with Crippen molar-refractivity contribution < 1.29 is 9.66 Å². The standard InChI is InChI=1S/C21H24N8O3/c1-4-28(5-2)21-25-19(23-16-11-7-6-8-12-16)24-20(26-21)27-22-14-15-10-9-13-17(29(30)31)18(15)32-3/h6-14H,4-5H2,1-3H3,(H2,23,24,25,26,27). The predicted molar refractivity (Wildman–Crippen MR) is 124 cm³/mol. The average molecular weight is 436 g/mol. The third-order valence-corrected chi connectivity index (χ3v) is 4.49. The Hall–Kier alpha value is -4.28. The number of hydrogen-bond donors (Lipinski definition) is 2. The molecule has 0 saturated carbocycles. The average Bonchev–Trinajstić information content (AvgIpc) is 2.80. The Bertz CT molecular complexity index is 1090. The first-order chi connectivity index (χ1) is 15.5. The number of ether oxygens (including phenoxy) is 1. The van der Waals surface area contributed by atoms with Gasteiger partial charge in [-0.05, 0) is 32.0 Å². The summed E-state index contributed by atoms with van der Waals surface area (Å²) in [6, 6.07) is 14.1. The lowest BCUT2D eigenvalue weighted by Crippen LogP contribution is -2.25. The van der Waals surface area contributed by atoms with E-state index in [1.165, 1.54) is 19.4 Å².